The van der Waals surface area contributed by atoms with Crippen LogP contribution < -0.4 is 26.6 Å². The van der Waals surface area contributed by atoms with E-state index >= 15 is 0 Å². The van der Waals surface area contributed by atoms with Crippen LogP contribution in [-0.2, 0) is 41.7 Å². The predicted octanol–water partition coefficient (Wildman–Crippen LogP) is 6.44. The van der Waals surface area contributed by atoms with Gasteiger partial charge in [0.15, 0.2) is 0 Å². The number of rotatable bonds is 21. The predicted molar refractivity (Wildman–Crippen MR) is 267 cm³/mol. The van der Waals surface area contributed by atoms with Crippen molar-refractivity contribution in [3.8, 4) is 0 Å². The molecule has 2 saturated heterocycles. The van der Waals surface area contributed by atoms with E-state index in [-0.39, 0.29) is 37.4 Å². The molecule has 5 atom stereocenters. The van der Waals surface area contributed by atoms with Crippen LogP contribution in [0.3, 0.4) is 0 Å². The molecule has 0 saturated carbocycles. The average molecular weight is 961 g/mol. The van der Waals surface area contributed by atoms with Gasteiger partial charge in [0.2, 0.25) is 23.6 Å². The average Bonchev–Trinajstić information content (AvgIpc) is 3.76. The van der Waals surface area contributed by atoms with Gasteiger partial charge in [-0.05, 0) is 123 Å². The molecule has 16 nitrogen and oxygen atoms in total. The molecule has 7 N–H and O–H groups in total. The van der Waals surface area contributed by atoms with Crippen molar-refractivity contribution in [2.75, 3.05) is 13.1 Å². The minimum Gasteiger partial charge on any atom is -0.445 e. The summed E-state index contributed by atoms with van der Waals surface area (Å²) in [5.41, 5.74) is 0.0318. The van der Waals surface area contributed by atoms with Crippen molar-refractivity contribution >= 4 is 35.8 Å². The van der Waals surface area contributed by atoms with Crippen molar-refractivity contribution in [3.05, 3.63) is 83.9 Å². The number of piperidine rings is 1. The Labute approximate surface area is 410 Å². The second-order valence-corrected chi connectivity index (χ2v) is 21.7. The van der Waals surface area contributed by atoms with Crippen LogP contribution in [-0.4, -0.2) is 111 Å². The third-order valence-corrected chi connectivity index (χ3v) is 12.5. The number of hydrogen-bond donors (Lipinski definition) is 5. The quantitative estimate of drug-likeness (QED) is 0.0529. The fourth-order valence-electron chi connectivity index (χ4n) is 9.31. The second kappa shape index (κ2) is 25.4. The lowest BCUT2D eigenvalue weighted by Gasteiger charge is -2.48. The fourth-order valence-corrected chi connectivity index (χ4v) is 9.31. The second-order valence-electron chi connectivity index (χ2n) is 21.7. The molecule has 69 heavy (non-hydrogen) atoms. The Bertz CT molecular complexity index is 2020. The minimum absolute atomic E-state index is 0.103. The van der Waals surface area contributed by atoms with Gasteiger partial charge in [-0.15, -0.1) is 0 Å². The summed E-state index contributed by atoms with van der Waals surface area (Å²) in [5.74, 6) is -2.49. The molecule has 0 unspecified atom stereocenters. The molecule has 2 aliphatic heterocycles. The van der Waals surface area contributed by atoms with E-state index in [1.165, 1.54) is 0 Å². The van der Waals surface area contributed by atoms with Crippen LogP contribution in [0.4, 0.5) is 9.59 Å². The van der Waals surface area contributed by atoms with Gasteiger partial charge in [0.25, 0.3) is 0 Å². The Morgan fingerprint density at radius 3 is 2.00 bits per heavy atom. The summed E-state index contributed by atoms with van der Waals surface area (Å²) in [7, 11) is 0. The normalized spacial score (nSPS) is 19.0. The number of carbonyl (C=O) groups is 6. The third kappa shape index (κ3) is 18.1. The van der Waals surface area contributed by atoms with Gasteiger partial charge in [0.1, 0.15) is 30.3 Å². The van der Waals surface area contributed by atoms with Gasteiger partial charge in [-0.3, -0.25) is 19.2 Å². The highest BCUT2D eigenvalue weighted by atomic mass is 16.6. The standard InChI is InChI=1S/C53H81N7O9/c1-35(2)30-40(56-50(66)69-51(5,6)7)27-26-39(31-37-20-14-12-15-21-37)48(64)59-29-19-25-43(59)46(62)58-44(36(3)4)47(63)57-42(24-18-28-54-49(65)68-34-38-22-16-13-17-23-38)45(61)55-41-32-52(8,9)60(67)53(10,11)33-41/h12-17,20-23,26-27,35-36,39-44,67H,18-19,24-25,28-34H2,1-11H3,(H,54,65)(H,55,61)(H,56,66)(H,57,63)(H,58,62)/p+1/b27-26+/t39-,40-,42+,43+,44+/m1/s1. The van der Waals surface area contributed by atoms with Gasteiger partial charge in [0.05, 0.1) is 23.0 Å². The Hall–Kier alpha value is -5.48. The van der Waals surface area contributed by atoms with Crippen LogP contribution in [0.2, 0.25) is 0 Å². The number of ether oxygens (including phenoxy) is 2. The van der Waals surface area contributed by atoms with Crippen LogP contribution in [0, 0.1) is 17.8 Å². The monoisotopic (exact) mass is 961 g/mol. The van der Waals surface area contributed by atoms with Crippen LogP contribution in [0.15, 0.2) is 72.8 Å². The van der Waals surface area contributed by atoms with Crippen molar-refractivity contribution in [1.29, 1.82) is 0 Å². The van der Waals surface area contributed by atoms with Crippen LogP contribution in [0.1, 0.15) is 132 Å². The third-order valence-electron chi connectivity index (χ3n) is 12.5. The van der Waals surface area contributed by atoms with Crippen molar-refractivity contribution in [2.24, 2.45) is 17.8 Å². The molecule has 6 amide bonds. The molecule has 0 aliphatic carbocycles. The molecule has 16 heteroatoms. The van der Waals surface area contributed by atoms with Crippen molar-refractivity contribution in [1.82, 2.24) is 36.5 Å². The van der Waals surface area contributed by atoms with Gasteiger partial charge in [0, 0.05) is 19.1 Å². The molecule has 0 bridgehead atoms. The largest absolute Gasteiger partial charge is 0.445 e. The van der Waals surface area contributed by atoms with E-state index in [9.17, 15) is 28.8 Å². The Morgan fingerprint density at radius 1 is 0.812 bits per heavy atom. The number of nitrogens with zero attached hydrogens (tertiary/aromatic N) is 2. The number of alkyl carbamates (subject to hydrolysis) is 2. The maximum Gasteiger partial charge on any atom is 0.408 e. The van der Waals surface area contributed by atoms with Crippen LogP contribution >= 0.6 is 0 Å². The first kappa shape index (κ1) is 56.1. The molecule has 2 heterocycles. The van der Waals surface area contributed by atoms with Gasteiger partial charge < -0.3 is 46.2 Å². The molecule has 0 radical (unpaired) electrons. The smallest absolute Gasteiger partial charge is 0.408 e. The highest BCUT2D eigenvalue weighted by Gasteiger charge is 2.49. The topological polar surface area (TPSA) is 210 Å². The number of amides is 6. The summed E-state index contributed by atoms with van der Waals surface area (Å²) >= 11 is 0. The first-order valence-electron chi connectivity index (χ1n) is 24.7. The Morgan fingerprint density at radius 2 is 1.42 bits per heavy atom. The van der Waals surface area contributed by atoms with Crippen LogP contribution in [0.25, 0.3) is 0 Å². The maximum atomic E-state index is 14.6. The highest BCUT2D eigenvalue weighted by molar-refractivity contribution is 5.95. The number of carbonyl (C=O) groups excluding carboxylic acids is 6. The van der Waals surface area contributed by atoms with Gasteiger partial charge in [-0.1, -0.05) is 106 Å². The van der Waals surface area contributed by atoms with E-state index in [0.717, 1.165) is 11.1 Å². The zero-order valence-electron chi connectivity index (χ0n) is 43.0. The number of hydrogen-bond acceptors (Lipinski definition) is 9. The lowest BCUT2D eigenvalue weighted by Crippen LogP contribution is -2.64. The van der Waals surface area contributed by atoms with Gasteiger partial charge in [-0.2, -0.15) is 0 Å². The summed E-state index contributed by atoms with van der Waals surface area (Å²) in [6.45, 7) is 21.6. The molecule has 0 spiro atoms. The van der Waals surface area contributed by atoms with E-state index in [1.807, 2.05) is 101 Å². The summed E-state index contributed by atoms with van der Waals surface area (Å²) in [5, 5.41) is 25.0. The molecular weight excluding hydrogens is 879 g/mol. The molecule has 4 rings (SSSR count). The molecule has 2 aliphatic rings. The summed E-state index contributed by atoms with van der Waals surface area (Å²) < 4.78 is 10.9. The number of hydroxylamine groups is 2. The van der Waals surface area contributed by atoms with Gasteiger partial charge >= 0.3 is 12.2 Å². The zero-order chi connectivity index (χ0) is 51.1. The number of likely N-dealkylation sites (tertiary alicyclic amines) is 1. The molecule has 2 aromatic carbocycles. The molecule has 2 aromatic rings. The first-order valence-corrected chi connectivity index (χ1v) is 24.7. The summed E-state index contributed by atoms with van der Waals surface area (Å²) in [6, 6.07) is 15.3. The summed E-state index contributed by atoms with van der Waals surface area (Å²) in [4.78, 5) is 84.4. The van der Waals surface area contributed by atoms with Crippen molar-refractivity contribution < 1.29 is 43.4 Å². The molecule has 382 valence electrons. The SMILES string of the molecule is CC(C)C[C@@H](/C=C/[C@H](Cc1ccccc1)C(=O)N1CCC[C@H]1C(=O)N[C@H](C(=O)N[C@@H](CCCNC(=O)OCc1ccccc1)C(=O)NC1CC(C)(C)N([OH2+])C(C)(C)C1)C(C)C)NC(=O)OC(C)(C)C. The summed E-state index contributed by atoms with van der Waals surface area (Å²) in [6.07, 6.45) is 6.01. The maximum absolute atomic E-state index is 14.6. The Balaban J connectivity index is 1.50. The van der Waals surface area contributed by atoms with Crippen LogP contribution in [0.5, 0.6) is 0 Å². The fraction of sp³-hybridized carbons (Fsp3) is 0.623. The lowest BCUT2D eigenvalue weighted by atomic mass is 9.79. The molecule has 0 aromatic heterocycles. The minimum atomic E-state index is -1.04. The highest BCUT2D eigenvalue weighted by Crippen LogP contribution is 2.36. The van der Waals surface area contributed by atoms with Crippen molar-refractivity contribution in [3.63, 3.8) is 0 Å². The first-order chi connectivity index (χ1) is 32.3. The number of benzene rings is 2. The van der Waals surface area contributed by atoms with Crippen molar-refractivity contribution in [2.45, 2.75) is 181 Å². The van der Waals surface area contributed by atoms with E-state index in [2.05, 4.69) is 40.4 Å². The van der Waals surface area contributed by atoms with E-state index in [4.69, 9.17) is 14.7 Å². The Kier molecular flexibility index (Phi) is 20.7. The zero-order valence-corrected chi connectivity index (χ0v) is 43.0. The molecular formula is C53H82N7O9+. The van der Waals surface area contributed by atoms with E-state index < -0.39 is 82.6 Å². The van der Waals surface area contributed by atoms with Gasteiger partial charge in [-0.25, -0.2) is 9.59 Å². The lowest BCUT2D eigenvalue weighted by molar-refractivity contribution is -0.246. The van der Waals surface area contributed by atoms with E-state index in [1.54, 1.807) is 44.6 Å². The molecule has 2 fully saturated rings. The number of nitrogens with one attached hydrogen (secondary N) is 5. The van der Waals surface area contributed by atoms with E-state index in [0.29, 0.717) is 51.5 Å².